The third-order valence-corrected chi connectivity index (χ3v) is 4.46. The fraction of sp³-hybridized carbons (Fsp3) is 0.217. The number of nitrogens with zero attached hydrogens (tertiary/aromatic N) is 2. The Labute approximate surface area is 170 Å². The van der Waals surface area contributed by atoms with Gasteiger partial charge in [-0.3, -0.25) is 4.79 Å². The molecule has 1 aromatic heterocycles. The lowest BCUT2D eigenvalue weighted by molar-refractivity contribution is -0.118. The SMILES string of the molecule is C/C=C/c1ccc(OCC(=O)Nc2c(C)nn(-c3ccccc3)c2C)c(OC)c1. The highest BCUT2D eigenvalue weighted by molar-refractivity contribution is 5.93. The second-order valence-corrected chi connectivity index (χ2v) is 6.54. The molecule has 1 amide bonds. The number of hydrogen-bond donors (Lipinski definition) is 1. The Morgan fingerprint density at radius 1 is 1.14 bits per heavy atom. The van der Waals surface area contributed by atoms with E-state index in [9.17, 15) is 4.79 Å². The summed E-state index contributed by atoms with van der Waals surface area (Å²) in [4.78, 5) is 12.5. The van der Waals surface area contributed by atoms with Gasteiger partial charge in [0.25, 0.3) is 5.91 Å². The van der Waals surface area contributed by atoms with E-state index in [0.29, 0.717) is 17.2 Å². The van der Waals surface area contributed by atoms with Gasteiger partial charge in [-0.2, -0.15) is 5.10 Å². The van der Waals surface area contributed by atoms with Gasteiger partial charge in [-0.1, -0.05) is 36.4 Å². The maximum Gasteiger partial charge on any atom is 0.262 e. The monoisotopic (exact) mass is 391 g/mol. The molecular formula is C23H25N3O3. The minimum Gasteiger partial charge on any atom is -0.493 e. The molecule has 0 aliphatic carbocycles. The summed E-state index contributed by atoms with van der Waals surface area (Å²) in [7, 11) is 1.58. The van der Waals surface area contributed by atoms with Gasteiger partial charge < -0.3 is 14.8 Å². The molecule has 6 heteroatoms. The Morgan fingerprint density at radius 3 is 2.59 bits per heavy atom. The summed E-state index contributed by atoms with van der Waals surface area (Å²) in [5, 5.41) is 7.45. The summed E-state index contributed by atoms with van der Waals surface area (Å²) in [6.07, 6.45) is 3.91. The molecule has 150 valence electrons. The lowest BCUT2D eigenvalue weighted by Crippen LogP contribution is -2.21. The quantitative estimate of drug-likeness (QED) is 0.642. The Morgan fingerprint density at radius 2 is 1.90 bits per heavy atom. The van der Waals surface area contributed by atoms with Crippen molar-refractivity contribution in [3.8, 4) is 17.2 Å². The predicted octanol–water partition coefficient (Wildman–Crippen LogP) is 4.55. The van der Waals surface area contributed by atoms with Crippen LogP contribution in [-0.4, -0.2) is 29.4 Å². The number of methoxy groups -OCH3 is 1. The predicted molar refractivity (Wildman–Crippen MR) is 115 cm³/mol. The van der Waals surface area contributed by atoms with E-state index in [2.05, 4.69) is 10.4 Å². The van der Waals surface area contributed by atoms with Gasteiger partial charge in [0, 0.05) is 0 Å². The zero-order chi connectivity index (χ0) is 20.8. The van der Waals surface area contributed by atoms with E-state index in [1.165, 1.54) is 0 Å². The van der Waals surface area contributed by atoms with Crippen molar-refractivity contribution in [3.05, 3.63) is 71.6 Å². The summed E-state index contributed by atoms with van der Waals surface area (Å²) < 4.78 is 12.9. The summed E-state index contributed by atoms with van der Waals surface area (Å²) in [6, 6.07) is 15.4. The topological polar surface area (TPSA) is 65.4 Å². The van der Waals surface area contributed by atoms with Crippen molar-refractivity contribution in [1.29, 1.82) is 0 Å². The molecule has 29 heavy (non-hydrogen) atoms. The number of ether oxygens (including phenoxy) is 2. The van der Waals surface area contributed by atoms with Crippen LogP contribution in [0.1, 0.15) is 23.9 Å². The summed E-state index contributed by atoms with van der Waals surface area (Å²) in [5.41, 5.74) is 4.23. The van der Waals surface area contributed by atoms with Crippen LogP contribution >= 0.6 is 0 Å². The van der Waals surface area contributed by atoms with Crippen LogP contribution in [0.5, 0.6) is 11.5 Å². The molecule has 1 N–H and O–H groups in total. The molecule has 0 saturated heterocycles. The van der Waals surface area contributed by atoms with Gasteiger partial charge in [-0.25, -0.2) is 4.68 Å². The van der Waals surface area contributed by atoms with Crippen LogP contribution in [0.4, 0.5) is 5.69 Å². The normalized spacial score (nSPS) is 10.9. The largest absolute Gasteiger partial charge is 0.493 e. The van der Waals surface area contributed by atoms with E-state index in [1.54, 1.807) is 13.2 Å². The van der Waals surface area contributed by atoms with Crippen molar-refractivity contribution in [1.82, 2.24) is 9.78 Å². The van der Waals surface area contributed by atoms with Crippen molar-refractivity contribution in [2.45, 2.75) is 20.8 Å². The lowest BCUT2D eigenvalue weighted by atomic mass is 10.2. The number of allylic oxidation sites excluding steroid dienone is 1. The highest BCUT2D eigenvalue weighted by atomic mass is 16.5. The lowest BCUT2D eigenvalue weighted by Gasteiger charge is -2.12. The van der Waals surface area contributed by atoms with E-state index >= 15 is 0 Å². The molecule has 0 atom stereocenters. The van der Waals surface area contributed by atoms with E-state index in [1.807, 2.05) is 80.1 Å². The molecule has 1 heterocycles. The maximum absolute atomic E-state index is 12.5. The summed E-state index contributed by atoms with van der Waals surface area (Å²) in [5.74, 6) is 0.838. The average Bonchev–Trinajstić information content (AvgIpc) is 3.01. The smallest absolute Gasteiger partial charge is 0.262 e. The molecule has 0 saturated carbocycles. The molecule has 0 spiro atoms. The van der Waals surface area contributed by atoms with Gasteiger partial charge in [0.2, 0.25) is 0 Å². The van der Waals surface area contributed by atoms with Gasteiger partial charge >= 0.3 is 0 Å². The fourth-order valence-corrected chi connectivity index (χ4v) is 3.06. The molecule has 0 aliphatic heterocycles. The Kier molecular flexibility index (Phi) is 6.34. The van der Waals surface area contributed by atoms with Crippen molar-refractivity contribution in [2.24, 2.45) is 0 Å². The van der Waals surface area contributed by atoms with Crippen molar-refractivity contribution < 1.29 is 14.3 Å². The third kappa shape index (κ3) is 4.66. The number of aromatic nitrogens is 2. The van der Waals surface area contributed by atoms with Crippen LogP contribution in [-0.2, 0) is 4.79 Å². The zero-order valence-electron chi connectivity index (χ0n) is 17.1. The summed E-state index contributed by atoms with van der Waals surface area (Å²) >= 11 is 0. The van der Waals surface area contributed by atoms with Crippen LogP contribution in [0, 0.1) is 13.8 Å². The van der Waals surface area contributed by atoms with Crippen molar-refractivity contribution >= 4 is 17.7 Å². The summed E-state index contributed by atoms with van der Waals surface area (Å²) in [6.45, 7) is 5.61. The number of carbonyl (C=O) groups is 1. The van der Waals surface area contributed by atoms with Gasteiger partial charge in [-0.15, -0.1) is 0 Å². The van der Waals surface area contributed by atoms with Crippen LogP contribution in [0.25, 0.3) is 11.8 Å². The second-order valence-electron chi connectivity index (χ2n) is 6.54. The van der Waals surface area contributed by atoms with Crippen molar-refractivity contribution in [2.75, 3.05) is 19.0 Å². The standard InChI is InChI=1S/C23H25N3O3/c1-5-9-18-12-13-20(21(14-18)28-4)29-15-22(27)24-23-16(2)25-26(17(23)3)19-10-7-6-8-11-19/h5-14H,15H2,1-4H3,(H,24,27)/b9-5+. The number of anilines is 1. The molecule has 0 fully saturated rings. The van der Waals surface area contributed by atoms with E-state index in [0.717, 1.165) is 22.6 Å². The first-order valence-corrected chi connectivity index (χ1v) is 9.38. The Hall–Kier alpha value is -3.54. The average molecular weight is 391 g/mol. The number of para-hydroxylation sites is 1. The minimum absolute atomic E-state index is 0.130. The molecule has 0 aliphatic rings. The molecule has 2 aromatic carbocycles. The number of nitrogens with one attached hydrogen (secondary N) is 1. The van der Waals surface area contributed by atoms with Gasteiger partial charge in [-0.05, 0) is 50.6 Å². The number of rotatable bonds is 7. The highest BCUT2D eigenvalue weighted by Crippen LogP contribution is 2.29. The molecule has 0 bridgehead atoms. The number of amides is 1. The minimum atomic E-state index is -0.261. The second kappa shape index (κ2) is 9.10. The zero-order valence-corrected chi connectivity index (χ0v) is 17.1. The van der Waals surface area contributed by atoms with Crippen LogP contribution in [0.3, 0.4) is 0 Å². The van der Waals surface area contributed by atoms with Crippen LogP contribution in [0.2, 0.25) is 0 Å². The number of aryl methyl sites for hydroxylation is 1. The van der Waals surface area contributed by atoms with Crippen molar-refractivity contribution in [3.63, 3.8) is 0 Å². The van der Waals surface area contributed by atoms with Crippen LogP contribution in [0.15, 0.2) is 54.6 Å². The van der Waals surface area contributed by atoms with Gasteiger partial charge in [0.1, 0.15) is 0 Å². The molecule has 0 unspecified atom stereocenters. The first-order chi connectivity index (χ1) is 14.0. The molecule has 6 nitrogen and oxygen atoms in total. The Balaban J connectivity index is 1.70. The molecule has 3 aromatic rings. The van der Waals surface area contributed by atoms with E-state index < -0.39 is 0 Å². The van der Waals surface area contributed by atoms with E-state index in [-0.39, 0.29) is 12.5 Å². The highest BCUT2D eigenvalue weighted by Gasteiger charge is 2.16. The number of hydrogen-bond acceptors (Lipinski definition) is 4. The van der Waals surface area contributed by atoms with Gasteiger partial charge in [0.05, 0.1) is 29.9 Å². The molecule has 0 radical (unpaired) electrons. The number of carbonyl (C=O) groups excluding carboxylic acids is 1. The Bertz CT molecular complexity index is 1020. The first kappa shape index (κ1) is 20.2. The maximum atomic E-state index is 12.5. The number of benzene rings is 2. The molecular weight excluding hydrogens is 366 g/mol. The van der Waals surface area contributed by atoms with Gasteiger partial charge in [0.15, 0.2) is 18.1 Å². The van der Waals surface area contributed by atoms with E-state index in [4.69, 9.17) is 9.47 Å². The van der Waals surface area contributed by atoms with Crippen LogP contribution < -0.4 is 14.8 Å². The molecule has 3 rings (SSSR count). The fourth-order valence-electron chi connectivity index (χ4n) is 3.06. The third-order valence-electron chi connectivity index (χ3n) is 4.46. The first-order valence-electron chi connectivity index (χ1n) is 9.38.